The van der Waals surface area contributed by atoms with Crippen molar-refractivity contribution in [1.29, 1.82) is 0 Å². The third-order valence-electron chi connectivity index (χ3n) is 6.78. The zero-order chi connectivity index (χ0) is 28.6. The summed E-state index contributed by atoms with van der Waals surface area (Å²) in [5.41, 5.74) is 3.23. The number of rotatable bonds is 10. The lowest BCUT2D eigenvalue weighted by molar-refractivity contribution is -0.384. The highest BCUT2D eigenvalue weighted by Crippen LogP contribution is 2.25. The molecular weight excluding hydrogens is 516 g/mol. The van der Waals surface area contributed by atoms with E-state index in [1.807, 2.05) is 42.5 Å². The van der Waals surface area contributed by atoms with E-state index in [0.29, 0.717) is 23.3 Å². The minimum atomic E-state index is -1.30. The molecule has 1 aliphatic rings. The molecule has 3 N–H and O–H groups in total. The molecule has 11 nitrogen and oxygen atoms in total. The summed E-state index contributed by atoms with van der Waals surface area (Å²) in [6.07, 6.45) is -1.08. The number of likely N-dealkylation sites (tertiary alicyclic amines) is 1. The van der Waals surface area contributed by atoms with Gasteiger partial charge in [0.2, 0.25) is 5.91 Å². The quantitative estimate of drug-likeness (QED) is 0.261. The number of nitrogens with zero attached hydrogens (tertiary/aromatic N) is 3. The first kappa shape index (κ1) is 28.4. The van der Waals surface area contributed by atoms with Gasteiger partial charge < -0.3 is 25.3 Å². The summed E-state index contributed by atoms with van der Waals surface area (Å²) in [4.78, 5) is 43.2. The Morgan fingerprint density at radius 1 is 1.07 bits per heavy atom. The van der Waals surface area contributed by atoms with Crippen LogP contribution in [0.4, 0.5) is 5.69 Å². The number of nitro benzene ring substituents is 1. The third-order valence-corrected chi connectivity index (χ3v) is 6.78. The highest BCUT2D eigenvalue weighted by Gasteiger charge is 2.36. The Morgan fingerprint density at radius 3 is 2.33 bits per heavy atom. The Balaban J connectivity index is 1.45. The van der Waals surface area contributed by atoms with Gasteiger partial charge in [0.25, 0.3) is 11.6 Å². The molecule has 1 aliphatic heterocycles. The predicted molar refractivity (Wildman–Crippen MR) is 147 cm³/mol. The van der Waals surface area contributed by atoms with E-state index in [4.69, 9.17) is 4.84 Å². The smallest absolute Gasteiger partial charge is 0.269 e. The van der Waals surface area contributed by atoms with Crippen LogP contribution in [-0.4, -0.2) is 69.9 Å². The maximum Gasteiger partial charge on any atom is 0.269 e. The molecule has 2 amide bonds. The Kier molecular flexibility index (Phi) is 9.20. The number of carbonyl (C=O) groups is 2. The van der Waals surface area contributed by atoms with Gasteiger partial charge in [-0.25, -0.2) is 0 Å². The Hall–Kier alpha value is -4.61. The van der Waals surface area contributed by atoms with Crippen LogP contribution in [0.15, 0.2) is 84.0 Å². The predicted octanol–water partition coefficient (Wildman–Crippen LogP) is 3.08. The SMILES string of the molecule is CON=C1C[C@@H](CC(=O)N[C@@H](CO)[C@@H](O)c2ccc([N+](=O)[O-])cc2)N(C(=O)c2ccc(-c3ccccc3)cc2)C1. The fraction of sp³-hybridized carbons (Fsp3) is 0.276. The van der Waals surface area contributed by atoms with E-state index in [1.165, 1.54) is 31.4 Å². The van der Waals surface area contributed by atoms with Crippen molar-refractivity contribution >= 4 is 23.2 Å². The normalized spacial score (nSPS) is 17.3. The van der Waals surface area contributed by atoms with Crippen LogP contribution in [0.3, 0.4) is 0 Å². The summed E-state index contributed by atoms with van der Waals surface area (Å²) in [5, 5.41) is 38.0. The van der Waals surface area contributed by atoms with Crippen LogP contribution in [0, 0.1) is 10.1 Å². The van der Waals surface area contributed by atoms with E-state index < -0.39 is 35.6 Å². The summed E-state index contributed by atoms with van der Waals surface area (Å²) in [6, 6.07) is 20.6. The summed E-state index contributed by atoms with van der Waals surface area (Å²) >= 11 is 0. The van der Waals surface area contributed by atoms with Gasteiger partial charge in [0.15, 0.2) is 0 Å². The fourth-order valence-electron chi connectivity index (χ4n) is 4.72. The lowest BCUT2D eigenvalue weighted by Gasteiger charge is -2.26. The summed E-state index contributed by atoms with van der Waals surface area (Å²) in [7, 11) is 1.41. The molecule has 0 saturated carbocycles. The zero-order valence-electron chi connectivity index (χ0n) is 21.8. The third kappa shape index (κ3) is 6.68. The number of nitro groups is 1. The lowest BCUT2D eigenvalue weighted by Crippen LogP contribution is -2.45. The van der Waals surface area contributed by atoms with Crippen LogP contribution in [0.5, 0.6) is 0 Å². The molecule has 3 aromatic carbocycles. The van der Waals surface area contributed by atoms with Crippen LogP contribution in [-0.2, 0) is 9.63 Å². The van der Waals surface area contributed by atoms with E-state index >= 15 is 0 Å². The second-order valence-electron chi connectivity index (χ2n) is 9.43. The first-order valence-electron chi connectivity index (χ1n) is 12.7. The van der Waals surface area contributed by atoms with Gasteiger partial charge in [-0.2, -0.15) is 0 Å². The molecule has 1 fully saturated rings. The summed E-state index contributed by atoms with van der Waals surface area (Å²) in [5.74, 6) is -0.746. The zero-order valence-corrected chi connectivity index (χ0v) is 21.8. The van der Waals surface area contributed by atoms with Crippen LogP contribution < -0.4 is 5.32 Å². The Labute approximate surface area is 230 Å². The molecule has 1 saturated heterocycles. The minimum absolute atomic E-state index is 0.0972. The number of amides is 2. The van der Waals surface area contributed by atoms with Crippen molar-refractivity contribution in [3.05, 3.63) is 100 Å². The van der Waals surface area contributed by atoms with Crippen molar-refractivity contribution in [3.8, 4) is 11.1 Å². The molecule has 0 spiro atoms. The number of non-ortho nitro benzene ring substituents is 1. The highest BCUT2D eigenvalue weighted by molar-refractivity contribution is 6.01. The fourth-order valence-corrected chi connectivity index (χ4v) is 4.72. The van der Waals surface area contributed by atoms with Gasteiger partial charge >= 0.3 is 0 Å². The second-order valence-corrected chi connectivity index (χ2v) is 9.43. The Bertz CT molecular complexity index is 1360. The topological polar surface area (TPSA) is 155 Å². The van der Waals surface area contributed by atoms with Gasteiger partial charge in [0.1, 0.15) is 13.2 Å². The van der Waals surface area contributed by atoms with Crippen molar-refractivity contribution in [2.75, 3.05) is 20.3 Å². The van der Waals surface area contributed by atoms with E-state index in [2.05, 4.69) is 10.5 Å². The van der Waals surface area contributed by atoms with Crippen LogP contribution in [0.1, 0.15) is 34.9 Å². The second kappa shape index (κ2) is 13.0. The average Bonchev–Trinajstić information content (AvgIpc) is 3.37. The van der Waals surface area contributed by atoms with Gasteiger partial charge in [-0.15, -0.1) is 0 Å². The summed E-state index contributed by atoms with van der Waals surface area (Å²) in [6.45, 7) is -0.374. The molecule has 11 heteroatoms. The first-order chi connectivity index (χ1) is 19.3. The van der Waals surface area contributed by atoms with Crippen LogP contribution in [0.25, 0.3) is 11.1 Å². The molecule has 3 aromatic rings. The van der Waals surface area contributed by atoms with E-state index in [0.717, 1.165) is 11.1 Å². The van der Waals surface area contributed by atoms with Gasteiger partial charge in [-0.1, -0.05) is 47.6 Å². The van der Waals surface area contributed by atoms with E-state index in [9.17, 15) is 29.9 Å². The van der Waals surface area contributed by atoms with E-state index in [1.54, 1.807) is 17.0 Å². The molecule has 1 heterocycles. The standard InChI is InChI=1S/C29H30N4O7/c1-40-31-23-15-25(16-27(35)30-26(18-34)28(36)21-11-13-24(14-12-21)33(38)39)32(17-23)29(37)22-9-7-20(8-10-22)19-5-3-2-4-6-19/h2-14,25-26,28,34,36H,15-18H2,1H3,(H,30,35)/t25-,26-,28-/m0/s1. The maximum atomic E-state index is 13.5. The van der Waals surface area contributed by atoms with Crippen LogP contribution >= 0.6 is 0 Å². The molecule has 0 radical (unpaired) electrons. The summed E-state index contributed by atoms with van der Waals surface area (Å²) < 4.78 is 0. The lowest BCUT2D eigenvalue weighted by atomic mass is 10.0. The number of aliphatic hydroxyl groups is 2. The number of oxime groups is 1. The largest absolute Gasteiger partial charge is 0.399 e. The number of nitrogens with one attached hydrogen (secondary N) is 1. The number of carbonyl (C=O) groups excluding carboxylic acids is 2. The molecule has 40 heavy (non-hydrogen) atoms. The molecule has 0 aliphatic carbocycles. The van der Waals surface area contributed by atoms with E-state index in [-0.39, 0.29) is 24.6 Å². The number of hydrogen-bond donors (Lipinski definition) is 3. The minimum Gasteiger partial charge on any atom is -0.399 e. The number of hydrogen-bond acceptors (Lipinski definition) is 8. The molecule has 3 atom stereocenters. The monoisotopic (exact) mass is 546 g/mol. The number of benzene rings is 3. The molecular formula is C29H30N4O7. The van der Waals surface area contributed by atoms with Crippen molar-refractivity contribution in [1.82, 2.24) is 10.2 Å². The maximum absolute atomic E-state index is 13.5. The highest BCUT2D eigenvalue weighted by atomic mass is 16.6. The van der Waals surface area contributed by atoms with Crippen molar-refractivity contribution in [3.63, 3.8) is 0 Å². The van der Waals surface area contributed by atoms with Crippen molar-refractivity contribution in [2.24, 2.45) is 5.16 Å². The van der Waals surface area contributed by atoms with Crippen molar-refractivity contribution < 1.29 is 29.6 Å². The molecule has 0 aromatic heterocycles. The first-order valence-corrected chi connectivity index (χ1v) is 12.7. The molecule has 208 valence electrons. The van der Waals surface area contributed by atoms with Gasteiger partial charge in [0.05, 0.1) is 29.8 Å². The Morgan fingerprint density at radius 2 is 1.73 bits per heavy atom. The van der Waals surface area contributed by atoms with Crippen molar-refractivity contribution in [2.45, 2.75) is 31.0 Å². The average molecular weight is 547 g/mol. The van der Waals surface area contributed by atoms with Gasteiger partial charge in [-0.3, -0.25) is 19.7 Å². The number of aliphatic hydroxyl groups excluding tert-OH is 2. The molecule has 0 bridgehead atoms. The van der Waals surface area contributed by atoms with Crippen LogP contribution in [0.2, 0.25) is 0 Å². The molecule has 0 unspecified atom stereocenters. The van der Waals surface area contributed by atoms with Gasteiger partial charge in [0, 0.05) is 36.6 Å². The van der Waals surface area contributed by atoms with Gasteiger partial charge in [-0.05, 0) is 41.0 Å². The molecule has 4 rings (SSSR count).